The summed E-state index contributed by atoms with van der Waals surface area (Å²) in [5.41, 5.74) is 3.39. The highest BCUT2D eigenvalue weighted by atomic mass is 19.1. The van der Waals surface area contributed by atoms with Crippen LogP contribution in [0.2, 0.25) is 0 Å². The third-order valence-electron chi connectivity index (χ3n) is 5.04. The summed E-state index contributed by atoms with van der Waals surface area (Å²) in [5.74, 6) is -0.662. The van der Waals surface area contributed by atoms with Crippen molar-refractivity contribution in [1.29, 1.82) is 5.26 Å². The van der Waals surface area contributed by atoms with E-state index in [9.17, 15) is 14.4 Å². The Balaban J connectivity index is 1.65. The number of carbonyl (C=O) groups excluding carboxylic acids is 1. The number of carbonyl (C=O) groups is 1. The smallest absolute Gasteiger partial charge is 0.267 e. The molecule has 28 heavy (non-hydrogen) atoms. The van der Waals surface area contributed by atoms with Crippen LogP contribution in [0.1, 0.15) is 11.1 Å². The Morgan fingerprint density at radius 1 is 1.11 bits per heavy atom. The van der Waals surface area contributed by atoms with Gasteiger partial charge in [-0.05, 0) is 43.2 Å². The monoisotopic (exact) mass is 378 g/mol. The summed E-state index contributed by atoms with van der Waals surface area (Å²) in [6.07, 6.45) is 1.60. The molecule has 0 unspecified atom stereocenters. The van der Waals surface area contributed by atoms with Crippen molar-refractivity contribution in [3.8, 4) is 6.07 Å². The molecule has 1 aliphatic heterocycles. The predicted molar refractivity (Wildman–Crippen MR) is 108 cm³/mol. The summed E-state index contributed by atoms with van der Waals surface area (Å²) in [6, 6.07) is 14.4. The lowest BCUT2D eigenvalue weighted by Crippen LogP contribution is -2.44. The summed E-state index contributed by atoms with van der Waals surface area (Å²) in [7, 11) is 0. The first-order chi connectivity index (χ1) is 13.5. The molecule has 2 aromatic rings. The van der Waals surface area contributed by atoms with E-state index >= 15 is 0 Å². The highest BCUT2D eigenvalue weighted by molar-refractivity contribution is 6.06. The first-order valence-corrected chi connectivity index (χ1v) is 9.22. The maximum Gasteiger partial charge on any atom is 0.267 e. The minimum atomic E-state index is -0.423. The molecule has 6 heteroatoms. The molecule has 0 atom stereocenters. The van der Waals surface area contributed by atoms with Gasteiger partial charge in [0.15, 0.2) is 0 Å². The summed E-state index contributed by atoms with van der Waals surface area (Å²) in [6.45, 7) is 6.36. The molecule has 1 aliphatic rings. The molecule has 1 heterocycles. The van der Waals surface area contributed by atoms with Crippen molar-refractivity contribution in [2.45, 2.75) is 13.8 Å². The molecule has 3 rings (SSSR count). The van der Waals surface area contributed by atoms with E-state index in [0.717, 1.165) is 11.1 Å². The largest absolute Gasteiger partial charge is 0.373 e. The minimum Gasteiger partial charge on any atom is -0.373 e. The highest BCUT2D eigenvalue weighted by Crippen LogP contribution is 2.21. The molecule has 0 aromatic heterocycles. The van der Waals surface area contributed by atoms with Crippen molar-refractivity contribution in [2.24, 2.45) is 0 Å². The number of amides is 1. The van der Waals surface area contributed by atoms with Gasteiger partial charge < -0.3 is 15.1 Å². The first-order valence-electron chi connectivity index (χ1n) is 9.22. The van der Waals surface area contributed by atoms with Crippen LogP contribution in [-0.4, -0.2) is 37.0 Å². The van der Waals surface area contributed by atoms with E-state index in [1.54, 1.807) is 18.3 Å². The van der Waals surface area contributed by atoms with E-state index in [0.29, 0.717) is 37.6 Å². The molecule has 0 spiro atoms. The molecule has 5 nitrogen and oxygen atoms in total. The summed E-state index contributed by atoms with van der Waals surface area (Å²) in [5, 5.41) is 12.2. The summed E-state index contributed by atoms with van der Waals surface area (Å²) >= 11 is 0. The Labute approximate surface area is 164 Å². The molecule has 1 saturated heterocycles. The van der Waals surface area contributed by atoms with Crippen LogP contribution in [0.5, 0.6) is 0 Å². The molecule has 144 valence electrons. The van der Waals surface area contributed by atoms with Crippen molar-refractivity contribution in [3.63, 3.8) is 0 Å². The zero-order valence-corrected chi connectivity index (χ0v) is 16.1. The Morgan fingerprint density at radius 3 is 2.50 bits per heavy atom. The van der Waals surface area contributed by atoms with E-state index in [1.165, 1.54) is 6.07 Å². The van der Waals surface area contributed by atoms with Crippen LogP contribution in [-0.2, 0) is 4.79 Å². The first kappa shape index (κ1) is 19.4. The van der Waals surface area contributed by atoms with Crippen LogP contribution < -0.4 is 10.2 Å². The quantitative estimate of drug-likeness (QED) is 0.652. The molecule has 1 fully saturated rings. The Hall–Kier alpha value is -3.33. The number of hydrogen-bond donors (Lipinski definition) is 1. The number of benzene rings is 2. The average Bonchev–Trinajstić information content (AvgIpc) is 2.70. The fourth-order valence-electron chi connectivity index (χ4n) is 3.20. The minimum absolute atomic E-state index is 0.0558. The Bertz CT molecular complexity index is 940. The fraction of sp³-hybridized carbons (Fsp3) is 0.273. The van der Waals surface area contributed by atoms with Gasteiger partial charge >= 0.3 is 0 Å². The molecule has 2 aromatic carbocycles. The van der Waals surface area contributed by atoms with Crippen LogP contribution in [0, 0.1) is 31.0 Å². The summed E-state index contributed by atoms with van der Waals surface area (Å²) < 4.78 is 13.9. The second-order valence-corrected chi connectivity index (χ2v) is 6.83. The Kier molecular flexibility index (Phi) is 5.95. The van der Waals surface area contributed by atoms with Crippen molar-refractivity contribution >= 4 is 17.3 Å². The van der Waals surface area contributed by atoms with Gasteiger partial charge in [0.05, 0.1) is 5.69 Å². The number of piperazine rings is 1. The lowest BCUT2D eigenvalue weighted by atomic mass is 10.1. The number of rotatable bonds is 4. The number of nitriles is 1. The lowest BCUT2D eigenvalue weighted by Gasteiger charge is -2.35. The van der Waals surface area contributed by atoms with E-state index in [4.69, 9.17) is 0 Å². The molecule has 1 amide bonds. The van der Waals surface area contributed by atoms with Gasteiger partial charge in [0, 0.05) is 38.1 Å². The SMILES string of the molecule is Cc1cccc(NC(=O)/C(C#N)=C\N2CCN(c3ccccc3F)CC2)c1C. The van der Waals surface area contributed by atoms with E-state index in [2.05, 4.69) is 5.32 Å². The number of halogens is 1. The topological polar surface area (TPSA) is 59.4 Å². The van der Waals surface area contributed by atoms with Crippen molar-refractivity contribution in [1.82, 2.24) is 4.90 Å². The van der Waals surface area contributed by atoms with Crippen molar-refractivity contribution < 1.29 is 9.18 Å². The van der Waals surface area contributed by atoms with Crippen LogP contribution >= 0.6 is 0 Å². The number of anilines is 2. The number of nitrogens with one attached hydrogen (secondary N) is 1. The van der Waals surface area contributed by atoms with Crippen LogP contribution in [0.15, 0.2) is 54.2 Å². The maximum absolute atomic E-state index is 13.9. The number of hydrogen-bond acceptors (Lipinski definition) is 4. The third-order valence-corrected chi connectivity index (χ3v) is 5.04. The molecule has 1 N–H and O–H groups in total. The molecule has 0 saturated carbocycles. The van der Waals surface area contributed by atoms with Crippen LogP contribution in [0.25, 0.3) is 0 Å². The molecule has 0 bridgehead atoms. The van der Waals surface area contributed by atoms with Gasteiger partial charge in [0.1, 0.15) is 17.5 Å². The Morgan fingerprint density at radius 2 is 1.82 bits per heavy atom. The van der Waals surface area contributed by atoms with E-state index < -0.39 is 5.91 Å². The zero-order chi connectivity index (χ0) is 20.1. The molecule has 0 radical (unpaired) electrons. The second kappa shape index (κ2) is 8.57. The number of nitrogens with zero attached hydrogens (tertiary/aromatic N) is 3. The van der Waals surface area contributed by atoms with Crippen molar-refractivity contribution in [3.05, 3.63) is 71.2 Å². The standard InChI is InChI=1S/C22H23FN4O/c1-16-6-5-8-20(17(16)2)25-22(28)18(14-24)15-26-10-12-27(13-11-26)21-9-4-3-7-19(21)23/h3-9,15H,10-13H2,1-2H3,(H,25,28)/b18-15-. The average molecular weight is 378 g/mol. The van der Waals surface area contributed by atoms with Gasteiger partial charge in [0.2, 0.25) is 0 Å². The van der Waals surface area contributed by atoms with Gasteiger partial charge in [-0.3, -0.25) is 4.79 Å². The number of para-hydroxylation sites is 1. The predicted octanol–water partition coefficient (Wildman–Crippen LogP) is 3.61. The maximum atomic E-state index is 13.9. The van der Waals surface area contributed by atoms with Gasteiger partial charge in [0.25, 0.3) is 5.91 Å². The third kappa shape index (κ3) is 4.32. The van der Waals surface area contributed by atoms with Gasteiger partial charge in [-0.2, -0.15) is 5.26 Å². The second-order valence-electron chi connectivity index (χ2n) is 6.83. The highest BCUT2D eigenvalue weighted by Gasteiger charge is 2.19. The normalized spacial score (nSPS) is 14.6. The molecule has 0 aliphatic carbocycles. The van der Waals surface area contributed by atoms with Crippen LogP contribution in [0.3, 0.4) is 0 Å². The van der Waals surface area contributed by atoms with Crippen LogP contribution in [0.4, 0.5) is 15.8 Å². The number of aryl methyl sites for hydroxylation is 1. The lowest BCUT2D eigenvalue weighted by molar-refractivity contribution is -0.112. The zero-order valence-electron chi connectivity index (χ0n) is 16.1. The van der Waals surface area contributed by atoms with Crippen molar-refractivity contribution in [2.75, 3.05) is 36.4 Å². The van der Waals surface area contributed by atoms with Gasteiger partial charge in [-0.15, -0.1) is 0 Å². The molecular formula is C22H23FN4O. The molecular weight excluding hydrogens is 355 g/mol. The van der Waals surface area contributed by atoms with Gasteiger partial charge in [-0.1, -0.05) is 24.3 Å². The fourth-order valence-corrected chi connectivity index (χ4v) is 3.20. The van der Waals surface area contributed by atoms with E-state index in [1.807, 2.05) is 54.0 Å². The van der Waals surface area contributed by atoms with Gasteiger partial charge in [-0.25, -0.2) is 4.39 Å². The van der Waals surface area contributed by atoms with E-state index in [-0.39, 0.29) is 11.4 Å². The summed E-state index contributed by atoms with van der Waals surface area (Å²) in [4.78, 5) is 16.4.